The van der Waals surface area contributed by atoms with Crippen molar-refractivity contribution in [1.29, 1.82) is 0 Å². The summed E-state index contributed by atoms with van der Waals surface area (Å²) in [5.74, 6) is 0.558. The maximum atomic E-state index is 11.7. The van der Waals surface area contributed by atoms with Gasteiger partial charge in [0.05, 0.1) is 17.4 Å². The molecule has 1 aliphatic carbocycles. The minimum Gasteiger partial charge on any atom is -0.323 e. The number of nitrogens with zero attached hydrogens (tertiary/aromatic N) is 3. The van der Waals surface area contributed by atoms with Crippen LogP contribution in [0, 0.1) is 0 Å². The van der Waals surface area contributed by atoms with E-state index in [1.165, 1.54) is 0 Å². The van der Waals surface area contributed by atoms with E-state index >= 15 is 0 Å². The largest absolute Gasteiger partial charge is 0.323 e. The van der Waals surface area contributed by atoms with Crippen LogP contribution < -0.4 is 11.1 Å². The third kappa shape index (κ3) is 1.98. The normalized spacial score (nSPS) is 16.3. The summed E-state index contributed by atoms with van der Waals surface area (Å²) in [6.45, 7) is 0. The summed E-state index contributed by atoms with van der Waals surface area (Å²) in [5, 5.41) is 6.83. The van der Waals surface area contributed by atoms with Gasteiger partial charge < -0.3 is 11.1 Å². The number of aromatic nitrogens is 3. The van der Waals surface area contributed by atoms with Crippen LogP contribution in [0.3, 0.4) is 0 Å². The van der Waals surface area contributed by atoms with Gasteiger partial charge in [0.25, 0.3) is 0 Å². The molecule has 2 aromatic rings. The molecular weight excluding hydrogens is 230 g/mol. The molecule has 1 saturated carbocycles. The van der Waals surface area contributed by atoms with Gasteiger partial charge in [0.15, 0.2) is 5.82 Å². The van der Waals surface area contributed by atoms with Crippen molar-refractivity contribution >= 4 is 11.6 Å². The summed E-state index contributed by atoms with van der Waals surface area (Å²) in [7, 11) is 0. The van der Waals surface area contributed by atoms with Crippen molar-refractivity contribution in [2.24, 2.45) is 5.73 Å². The first kappa shape index (κ1) is 10.9. The number of nitrogens with one attached hydrogen (secondary N) is 1. The third-order valence-corrected chi connectivity index (χ3v) is 2.99. The van der Waals surface area contributed by atoms with Crippen molar-refractivity contribution in [3.05, 3.63) is 36.8 Å². The quantitative estimate of drug-likeness (QED) is 0.830. The fraction of sp³-hybridized carbons (Fsp3) is 0.250. The molecule has 3 rings (SSSR count). The van der Waals surface area contributed by atoms with Gasteiger partial charge in [0.1, 0.15) is 0 Å². The van der Waals surface area contributed by atoms with E-state index in [1.807, 2.05) is 6.07 Å². The Kier molecular flexibility index (Phi) is 2.38. The third-order valence-electron chi connectivity index (χ3n) is 2.99. The Hall–Kier alpha value is -2.21. The maximum absolute atomic E-state index is 11.7. The number of hydrogen-bond donors (Lipinski definition) is 2. The summed E-state index contributed by atoms with van der Waals surface area (Å²) < 4.78 is 1.65. The van der Waals surface area contributed by atoms with E-state index in [1.54, 1.807) is 35.4 Å². The summed E-state index contributed by atoms with van der Waals surface area (Å²) >= 11 is 0. The van der Waals surface area contributed by atoms with Crippen molar-refractivity contribution in [1.82, 2.24) is 14.8 Å². The van der Waals surface area contributed by atoms with E-state index in [4.69, 9.17) is 5.73 Å². The Labute approximate surface area is 104 Å². The minimum atomic E-state index is -0.666. The van der Waals surface area contributed by atoms with Crippen molar-refractivity contribution < 1.29 is 4.79 Å². The van der Waals surface area contributed by atoms with Gasteiger partial charge in [-0.25, -0.2) is 9.67 Å². The van der Waals surface area contributed by atoms with Gasteiger partial charge in [0, 0.05) is 12.4 Å². The highest BCUT2D eigenvalue weighted by Gasteiger charge is 2.45. The van der Waals surface area contributed by atoms with E-state index in [0.29, 0.717) is 11.5 Å². The average molecular weight is 243 g/mol. The van der Waals surface area contributed by atoms with Crippen LogP contribution in [-0.4, -0.2) is 26.2 Å². The zero-order valence-electron chi connectivity index (χ0n) is 9.71. The number of anilines is 1. The molecule has 0 unspecified atom stereocenters. The zero-order valence-corrected chi connectivity index (χ0v) is 9.71. The number of hydrogen-bond acceptors (Lipinski definition) is 4. The highest BCUT2D eigenvalue weighted by atomic mass is 16.2. The number of pyridine rings is 1. The van der Waals surface area contributed by atoms with Gasteiger partial charge >= 0.3 is 0 Å². The number of amides is 1. The van der Waals surface area contributed by atoms with E-state index in [9.17, 15) is 4.79 Å². The second kappa shape index (κ2) is 3.92. The predicted octanol–water partition coefficient (Wildman–Crippen LogP) is 0.697. The van der Waals surface area contributed by atoms with E-state index in [0.717, 1.165) is 12.8 Å². The van der Waals surface area contributed by atoms with Gasteiger partial charge in [-0.05, 0) is 31.0 Å². The molecule has 1 fully saturated rings. The SMILES string of the molecule is NC1(C(=O)Nc2ccc(-n3cccn3)nc2)CC1. The molecule has 3 N–H and O–H groups in total. The van der Waals surface area contributed by atoms with Crippen LogP contribution in [-0.2, 0) is 4.79 Å². The lowest BCUT2D eigenvalue weighted by Gasteiger charge is -2.10. The molecule has 0 atom stereocenters. The lowest BCUT2D eigenvalue weighted by atomic mass is 10.2. The van der Waals surface area contributed by atoms with E-state index in [2.05, 4.69) is 15.4 Å². The molecule has 0 aliphatic heterocycles. The van der Waals surface area contributed by atoms with Crippen molar-refractivity contribution in [2.75, 3.05) is 5.32 Å². The number of nitrogens with two attached hydrogens (primary N) is 1. The van der Waals surface area contributed by atoms with Crippen LogP contribution in [0.2, 0.25) is 0 Å². The van der Waals surface area contributed by atoms with Gasteiger partial charge in [0.2, 0.25) is 5.91 Å². The first-order valence-electron chi connectivity index (χ1n) is 5.74. The van der Waals surface area contributed by atoms with Gasteiger partial charge in [-0.2, -0.15) is 5.10 Å². The van der Waals surface area contributed by atoms with Gasteiger partial charge in [-0.1, -0.05) is 0 Å². The first-order chi connectivity index (χ1) is 8.67. The summed E-state index contributed by atoms with van der Waals surface area (Å²) in [6, 6.07) is 5.40. The molecule has 1 aliphatic rings. The standard InChI is InChI=1S/C12H13N5O/c13-12(4-5-12)11(18)16-9-2-3-10(14-8-9)17-7-1-6-15-17/h1-3,6-8H,4-5,13H2,(H,16,18). The van der Waals surface area contributed by atoms with Crippen molar-refractivity contribution in [3.63, 3.8) is 0 Å². The molecule has 0 radical (unpaired) electrons. The molecule has 0 aromatic carbocycles. The predicted molar refractivity (Wildman–Crippen MR) is 66.1 cm³/mol. The van der Waals surface area contributed by atoms with Crippen LogP contribution in [0.15, 0.2) is 36.8 Å². The fourth-order valence-corrected chi connectivity index (χ4v) is 1.62. The lowest BCUT2D eigenvalue weighted by molar-refractivity contribution is -0.118. The molecule has 2 heterocycles. The van der Waals surface area contributed by atoms with E-state index in [-0.39, 0.29) is 5.91 Å². The summed E-state index contributed by atoms with van der Waals surface area (Å²) in [5.41, 5.74) is 5.78. The first-order valence-corrected chi connectivity index (χ1v) is 5.74. The molecule has 18 heavy (non-hydrogen) atoms. The van der Waals surface area contributed by atoms with Crippen molar-refractivity contribution in [3.8, 4) is 5.82 Å². The van der Waals surface area contributed by atoms with Crippen molar-refractivity contribution in [2.45, 2.75) is 18.4 Å². The van der Waals surface area contributed by atoms with Gasteiger partial charge in [-0.15, -0.1) is 0 Å². The Morgan fingerprint density at radius 2 is 2.28 bits per heavy atom. The summed E-state index contributed by atoms with van der Waals surface area (Å²) in [4.78, 5) is 16.0. The van der Waals surface area contributed by atoms with Crippen LogP contribution in [0.25, 0.3) is 5.82 Å². The second-order valence-electron chi connectivity index (χ2n) is 4.47. The molecule has 1 amide bonds. The highest BCUT2D eigenvalue weighted by molar-refractivity contribution is 5.99. The molecule has 92 valence electrons. The van der Waals surface area contributed by atoms with Gasteiger partial charge in [-0.3, -0.25) is 4.79 Å². The topological polar surface area (TPSA) is 85.8 Å². The van der Waals surface area contributed by atoms with Crippen LogP contribution in [0.4, 0.5) is 5.69 Å². The zero-order chi connectivity index (χ0) is 12.6. The number of rotatable bonds is 3. The van der Waals surface area contributed by atoms with E-state index < -0.39 is 5.54 Å². The Bertz CT molecular complexity index is 557. The van der Waals surface area contributed by atoms with Crippen LogP contribution in [0.1, 0.15) is 12.8 Å². The Morgan fingerprint density at radius 3 is 2.83 bits per heavy atom. The highest BCUT2D eigenvalue weighted by Crippen LogP contribution is 2.33. The summed E-state index contributed by atoms with van der Waals surface area (Å²) in [6.07, 6.45) is 6.58. The minimum absolute atomic E-state index is 0.142. The maximum Gasteiger partial charge on any atom is 0.244 e. The molecule has 0 saturated heterocycles. The second-order valence-corrected chi connectivity index (χ2v) is 4.47. The molecule has 0 bridgehead atoms. The number of carbonyl (C=O) groups is 1. The average Bonchev–Trinajstić information content (AvgIpc) is 2.94. The Balaban J connectivity index is 1.73. The van der Waals surface area contributed by atoms with Crippen LogP contribution >= 0.6 is 0 Å². The molecule has 2 aromatic heterocycles. The lowest BCUT2D eigenvalue weighted by Crippen LogP contribution is -2.37. The monoisotopic (exact) mass is 243 g/mol. The smallest absolute Gasteiger partial charge is 0.244 e. The molecule has 6 heteroatoms. The molecule has 0 spiro atoms. The van der Waals surface area contributed by atoms with Crippen LogP contribution in [0.5, 0.6) is 0 Å². The Morgan fingerprint density at radius 1 is 1.44 bits per heavy atom. The fourth-order valence-electron chi connectivity index (χ4n) is 1.62. The molecule has 6 nitrogen and oxygen atoms in total. The molecular formula is C12H13N5O. The number of carbonyl (C=O) groups excluding carboxylic acids is 1.